The van der Waals surface area contributed by atoms with Crippen molar-refractivity contribution in [2.45, 2.75) is 25.8 Å². The number of likely N-dealkylation sites (tertiary alicyclic amines) is 1. The van der Waals surface area contributed by atoms with Gasteiger partial charge < -0.3 is 9.32 Å². The van der Waals surface area contributed by atoms with Crippen molar-refractivity contribution in [3.63, 3.8) is 0 Å². The molecule has 0 spiro atoms. The largest absolute Gasteiger partial charge is 0.419 e. The quantitative estimate of drug-likeness (QED) is 0.663. The van der Waals surface area contributed by atoms with Gasteiger partial charge in [-0.2, -0.15) is 0 Å². The molecular weight excluding hydrogens is 328 g/mol. The summed E-state index contributed by atoms with van der Waals surface area (Å²) in [6.07, 6.45) is 3.75. The molecule has 2 heterocycles. The van der Waals surface area contributed by atoms with E-state index in [1.165, 1.54) is 19.3 Å². The molecule has 0 radical (unpaired) electrons. The van der Waals surface area contributed by atoms with Crippen LogP contribution in [0.5, 0.6) is 0 Å². The first kappa shape index (κ1) is 16.8. The highest BCUT2D eigenvalue weighted by Crippen LogP contribution is 2.18. The van der Waals surface area contributed by atoms with E-state index in [2.05, 4.69) is 4.90 Å². The van der Waals surface area contributed by atoms with Crippen LogP contribution in [0.15, 0.2) is 57.7 Å². The Morgan fingerprint density at radius 2 is 1.69 bits per heavy atom. The summed E-state index contributed by atoms with van der Waals surface area (Å²) < 4.78 is 7.07. The van der Waals surface area contributed by atoms with Crippen molar-refractivity contribution >= 4 is 16.9 Å². The lowest BCUT2D eigenvalue weighted by molar-refractivity contribution is 0.103. The molecule has 1 saturated heterocycles. The standard InChI is InChI=1S/C21H22N2O3/c24-20(16-7-3-1-4-8-16)17-9-10-18-19(15-17)26-21(25)23(18)14-13-22-11-5-2-6-12-22/h1,3-4,7-10,15H,2,5-6,11-14H2. The maximum atomic E-state index is 12.6. The third kappa shape index (κ3) is 3.35. The summed E-state index contributed by atoms with van der Waals surface area (Å²) in [6.45, 7) is 3.65. The zero-order chi connectivity index (χ0) is 17.9. The first-order valence-electron chi connectivity index (χ1n) is 9.18. The van der Waals surface area contributed by atoms with Crippen LogP contribution in [0.1, 0.15) is 35.2 Å². The maximum absolute atomic E-state index is 12.6. The average molecular weight is 350 g/mol. The van der Waals surface area contributed by atoms with Crippen LogP contribution in [0, 0.1) is 0 Å². The van der Waals surface area contributed by atoms with Gasteiger partial charge in [0.2, 0.25) is 0 Å². The molecule has 0 atom stereocenters. The molecule has 134 valence electrons. The van der Waals surface area contributed by atoms with Crippen molar-refractivity contribution in [2.24, 2.45) is 0 Å². The van der Waals surface area contributed by atoms with Crippen LogP contribution < -0.4 is 5.76 Å². The normalized spacial score (nSPS) is 15.4. The lowest BCUT2D eigenvalue weighted by Crippen LogP contribution is -2.33. The fraction of sp³-hybridized carbons (Fsp3) is 0.333. The number of hydrogen-bond acceptors (Lipinski definition) is 4. The Morgan fingerprint density at radius 1 is 0.923 bits per heavy atom. The van der Waals surface area contributed by atoms with Crippen LogP contribution in [0.4, 0.5) is 0 Å². The van der Waals surface area contributed by atoms with Gasteiger partial charge in [-0.05, 0) is 44.1 Å². The predicted molar refractivity (Wildman–Crippen MR) is 101 cm³/mol. The third-order valence-corrected chi connectivity index (χ3v) is 5.05. The van der Waals surface area contributed by atoms with Gasteiger partial charge in [-0.15, -0.1) is 0 Å². The van der Waals surface area contributed by atoms with E-state index in [0.29, 0.717) is 23.3 Å². The van der Waals surface area contributed by atoms with Crippen LogP contribution in [-0.4, -0.2) is 34.9 Å². The van der Waals surface area contributed by atoms with E-state index in [4.69, 9.17) is 4.42 Å². The third-order valence-electron chi connectivity index (χ3n) is 5.05. The summed E-state index contributed by atoms with van der Waals surface area (Å²) in [5, 5.41) is 0. The van der Waals surface area contributed by atoms with Crippen molar-refractivity contribution in [1.29, 1.82) is 0 Å². The predicted octanol–water partition coefficient (Wildman–Crippen LogP) is 3.31. The Bertz CT molecular complexity index is 966. The lowest BCUT2D eigenvalue weighted by atomic mass is 10.0. The maximum Gasteiger partial charge on any atom is 0.419 e. The van der Waals surface area contributed by atoms with Gasteiger partial charge in [0.1, 0.15) is 0 Å². The molecule has 0 unspecified atom stereocenters. The topological polar surface area (TPSA) is 55.5 Å². The van der Waals surface area contributed by atoms with Gasteiger partial charge in [-0.3, -0.25) is 9.36 Å². The van der Waals surface area contributed by atoms with Crippen LogP contribution in [0.2, 0.25) is 0 Å². The van der Waals surface area contributed by atoms with Crippen molar-refractivity contribution in [3.8, 4) is 0 Å². The Kier molecular flexibility index (Phi) is 4.71. The van der Waals surface area contributed by atoms with E-state index in [-0.39, 0.29) is 11.5 Å². The summed E-state index contributed by atoms with van der Waals surface area (Å²) in [4.78, 5) is 27.2. The molecule has 4 rings (SSSR count). The molecule has 5 heteroatoms. The summed E-state index contributed by atoms with van der Waals surface area (Å²) in [7, 11) is 0. The van der Waals surface area contributed by atoms with Crippen LogP contribution in [0.3, 0.4) is 0 Å². The molecule has 5 nitrogen and oxygen atoms in total. The van der Waals surface area contributed by atoms with Gasteiger partial charge in [0.15, 0.2) is 11.4 Å². The van der Waals surface area contributed by atoms with Crippen molar-refractivity contribution in [3.05, 3.63) is 70.2 Å². The van der Waals surface area contributed by atoms with E-state index in [1.807, 2.05) is 24.3 Å². The number of rotatable bonds is 5. The second-order valence-electron chi connectivity index (χ2n) is 6.80. The smallest absolute Gasteiger partial charge is 0.408 e. The molecule has 0 N–H and O–H groups in total. The number of carbonyl (C=O) groups excluding carboxylic acids is 1. The average Bonchev–Trinajstić information content (AvgIpc) is 3.01. The summed E-state index contributed by atoms with van der Waals surface area (Å²) in [5.41, 5.74) is 2.37. The SMILES string of the molecule is O=C(c1ccccc1)c1ccc2c(c1)oc(=O)n2CCN1CCCCC1. The minimum absolute atomic E-state index is 0.0729. The van der Waals surface area contributed by atoms with Crippen LogP contribution in [0.25, 0.3) is 11.1 Å². The van der Waals surface area contributed by atoms with E-state index in [1.54, 1.807) is 28.8 Å². The van der Waals surface area contributed by atoms with Crippen LogP contribution >= 0.6 is 0 Å². The molecule has 0 amide bonds. The van der Waals surface area contributed by atoms with Gasteiger partial charge in [0.25, 0.3) is 0 Å². The van der Waals surface area contributed by atoms with Crippen molar-refractivity contribution < 1.29 is 9.21 Å². The number of hydrogen-bond donors (Lipinski definition) is 0. The molecule has 0 aliphatic carbocycles. The second-order valence-corrected chi connectivity index (χ2v) is 6.80. The number of piperidine rings is 1. The number of fused-ring (bicyclic) bond motifs is 1. The lowest BCUT2D eigenvalue weighted by Gasteiger charge is -2.26. The molecule has 26 heavy (non-hydrogen) atoms. The zero-order valence-electron chi connectivity index (χ0n) is 14.7. The van der Waals surface area contributed by atoms with Gasteiger partial charge in [-0.25, -0.2) is 4.79 Å². The molecule has 1 aromatic heterocycles. The van der Waals surface area contributed by atoms with Crippen molar-refractivity contribution in [2.75, 3.05) is 19.6 Å². The first-order chi connectivity index (χ1) is 12.7. The molecule has 1 aliphatic rings. The summed E-state index contributed by atoms with van der Waals surface area (Å²) >= 11 is 0. The molecular formula is C21H22N2O3. The van der Waals surface area contributed by atoms with Gasteiger partial charge in [0.05, 0.1) is 5.52 Å². The molecule has 0 bridgehead atoms. The molecule has 2 aromatic carbocycles. The number of ketones is 1. The highest BCUT2D eigenvalue weighted by molar-refractivity contribution is 6.10. The Morgan fingerprint density at radius 3 is 2.46 bits per heavy atom. The van der Waals surface area contributed by atoms with E-state index >= 15 is 0 Å². The Hall–Kier alpha value is -2.66. The monoisotopic (exact) mass is 350 g/mol. The minimum atomic E-state index is -0.360. The van der Waals surface area contributed by atoms with Crippen LogP contribution in [-0.2, 0) is 6.54 Å². The van der Waals surface area contributed by atoms with Gasteiger partial charge in [0, 0.05) is 24.2 Å². The number of nitrogens with zero attached hydrogens (tertiary/aromatic N) is 2. The molecule has 0 saturated carbocycles. The fourth-order valence-corrected chi connectivity index (χ4v) is 3.60. The molecule has 1 fully saturated rings. The summed E-state index contributed by atoms with van der Waals surface area (Å²) in [5.74, 6) is -0.433. The van der Waals surface area contributed by atoms with E-state index in [0.717, 1.165) is 25.2 Å². The number of carbonyl (C=O) groups is 1. The Balaban J connectivity index is 1.58. The first-order valence-corrected chi connectivity index (χ1v) is 9.18. The van der Waals surface area contributed by atoms with Gasteiger partial charge >= 0.3 is 5.76 Å². The number of aromatic nitrogens is 1. The fourth-order valence-electron chi connectivity index (χ4n) is 3.60. The highest BCUT2D eigenvalue weighted by atomic mass is 16.4. The number of oxazole rings is 1. The number of benzene rings is 2. The molecule has 3 aromatic rings. The van der Waals surface area contributed by atoms with E-state index < -0.39 is 0 Å². The van der Waals surface area contributed by atoms with Crippen molar-refractivity contribution in [1.82, 2.24) is 9.47 Å². The molecule has 1 aliphatic heterocycles. The van der Waals surface area contributed by atoms with E-state index in [9.17, 15) is 9.59 Å². The van der Waals surface area contributed by atoms with Gasteiger partial charge in [-0.1, -0.05) is 36.8 Å². The second kappa shape index (κ2) is 7.30. The zero-order valence-corrected chi connectivity index (χ0v) is 14.7. The Labute approximate surface area is 151 Å². The summed E-state index contributed by atoms with van der Waals surface area (Å²) in [6, 6.07) is 14.4. The highest BCUT2D eigenvalue weighted by Gasteiger charge is 2.16. The minimum Gasteiger partial charge on any atom is -0.408 e.